The van der Waals surface area contributed by atoms with E-state index in [2.05, 4.69) is 0 Å². The van der Waals surface area contributed by atoms with E-state index >= 15 is 0 Å². The van der Waals surface area contributed by atoms with Crippen LogP contribution in [-0.2, 0) is 4.79 Å². The van der Waals surface area contributed by atoms with E-state index in [1.54, 1.807) is 15.9 Å². The number of likely N-dealkylation sites (tertiary alicyclic amines) is 1. The van der Waals surface area contributed by atoms with Crippen molar-refractivity contribution in [1.29, 1.82) is 0 Å². The molecule has 0 aromatic heterocycles. The predicted octanol–water partition coefficient (Wildman–Crippen LogP) is 3.74. The number of fused-ring (bicyclic) bond motifs is 6. The molecule has 0 unspecified atom stereocenters. The monoisotopic (exact) mass is 473 g/mol. The molecule has 1 saturated carbocycles. The van der Waals surface area contributed by atoms with Crippen LogP contribution in [0.25, 0.3) is 0 Å². The molecule has 2 fully saturated rings. The zero-order chi connectivity index (χ0) is 24.2. The molecule has 0 radical (unpaired) electrons. The molecule has 7 heteroatoms. The molecular weight excluding hydrogens is 442 g/mol. The van der Waals surface area contributed by atoms with Gasteiger partial charge in [-0.1, -0.05) is 43.2 Å². The van der Waals surface area contributed by atoms with Gasteiger partial charge in [-0.25, -0.2) is 0 Å². The summed E-state index contributed by atoms with van der Waals surface area (Å²) >= 11 is 0. The predicted molar refractivity (Wildman–Crippen MR) is 131 cm³/mol. The number of amides is 3. The molecule has 0 spiro atoms. The average molecular weight is 474 g/mol. The van der Waals surface area contributed by atoms with Crippen molar-refractivity contribution < 1.29 is 19.5 Å². The van der Waals surface area contributed by atoms with E-state index < -0.39 is 11.8 Å². The highest BCUT2D eigenvalue weighted by atomic mass is 16.3. The zero-order valence-electron chi connectivity index (χ0n) is 19.9. The first kappa shape index (κ1) is 22.3. The highest BCUT2D eigenvalue weighted by Gasteiger charge is 2.47. The number of carbonyl (C=O) groups is 3. The van der Waals surface area contributed by atoms with Crippen molar-refractivity contribution >= 4 is 23.4 Å². The minimum atomic E-state index is -0.603. The highest BCUT2D eigenvalue weighted by molar-refractivity contribution is 6.16. The first-order chi connectivity index (χ1) is 17.0. The van der Waals surface area contributed by atoms with Crippen molar-refractivity contribution in [3.63, 3.8) is 0 Å². The summed E-state index contributed by atoms with van der Waals surface area (Å²) in [5, 5.41) is 10.9. The molecule has 2 aromatic rings. The molecule has 2 aromatic carbocycles. The van der Waals surface area contributed by atoms with Crippen LogP contribution in [0.15, 0.2) is 48.5 Å². The number of nitrogens with zero attached hydrogens (tertiary/aromatic N) is 3. The maximum Gasteiger partial charge on any atom is 0.260 e. The van der Waals surface area contributed by atoms with Gasteiger partial charge in [-0.3, -0.25) is 19.3 Å². The van der Waals surface area contributed by atoms with Crippen LogP contribution in [0, 0.1) is 5.92 Å². The third-order valence-corrected chi connectivity index (χ3v) is 8.45. The second-order valence-corrected chi connectivity index (χ2v) is 10.4. The summed E-state index contributed by atoms with van der Waals surface area (Å²) in [5.74, 6) is 0.0508. The molecule has 3 heterocycles. The van der Waals surface area contributed by atoms with Gasteiger partial charge in [-0.05, 0) is 43.9 Å². The van der Waals surface area contributed by atoms with Gasteiger partial charge in [0.05, 0.1) is 16.9 Å². The average Bonchev–Trinajstić information content (AvgIpc) is 3.18. The topological polar surface area (TPSA) is 81.2 Å². The Morgan fingerprint density at radius 1 is 0.971 bits per heavy atom. The van der Waals surface area contributed by atoms with Gasteiger partial charge in [0.25, 0.3) is 11.8 Å². The molecule has 3 aliphatic heterocycles. The summed E-state index contributed by atoms with van der Waals surface area (Å²) < 4.78 is 0. The molecule has 0 bridgehead atoms. The number of hydrogen-bond donors (Lipinski definition) is 1. The smallest absolute Gasteiger partial charge is 0.260 e. The summed E-state index contributed by atoms with van der Waals surface area (Å²) in [7, 11) is 0. The van der Waals surface area contributed by atoms with Gasteiger partial charge in [0.15, 0.2) is 0 Å². The van der Waals surface area contributed by atoms with Crippen molar-refractivity contribution in [2.24, 2.45) is 5.92 Å². The van der Waals surface area contributed by atoms with Gasteiger partial charge in [0.1, 0.15) is 6.17 Å². The lowest BCUT2D eigenvalue weighted by Crippen LogP contribution is -2.54. The number of para-hydroxylation sites is 1. The van der Waals surface area contributed by atoms with E-state index in [1.807, 2.05) is 47.4 Å². The molecule has 4 aliphatic rings. The van der Waals surface area contributed by atoms with Crippen molar-refractivity contribution in [2.45, 2.75) is 56.7 Å². The number of hydrogen-bond acceptors (Lipinski definition) is 4. The molecule has 3 atom stereocenters. The van der Waals surface area contributed by atoms with Crippen LogP contribution < -0.4 is 4.90 Å². The second-order valence-electron chi connectivity index (χ2n) is 10.4. The Morgan fingerprint density at radius 2 is 1.74 bits per heavy atom. The number of benzene rings is 2. The Balaban J connectivity index is 1.18. The summed E-state index contributed by atoms with van der Waals surface area (Å²) in [4.78, 5) is 45.2. The number of piperidine rings is 1. The SMILES string of the molecule is O=C(CCCN1C(=O)c2ccccc2N2C(=O)c3ccccc3[C@H]12)N1CC[C@@]2(O)CCCC[C@H]2C1. The van der Waals surface area contributed by atoms with Gasteiger partial charge >= 0.3 is 0 Å². The highest BCUT2D eigenvalue weighted by Crippen LogP contribution is 2.45. The molecular formula is C28H31N3O4. The van der Waals surface area contributed by atoms with E-state index in [0.29, 0.717) is 55.7 Å². The molecule has 35 heavy (non-hydrogen) atoms. The maximum absolute atomic E-state index is 13.5. The first-order valence-corrected chi connectivity index (χ1v) is 12.8. The Kier molecular flexibility index (Phi) is 5.40. The van der Waals surface area contributed by atoms with Crippen LogP contribution in [-0.4, -0.2) is 57.9 Å². The number of rotatable bonds is 4. The van der Waals surface area contributed by atoms with Gasteiger partial charge < -0.3 is 14.9 Å². The van der Waals surface area contributed by atoms with Crippen LogP contribution in [0.5, 0.6) is 0 Å². The lowest BCUT2D eigenvalue weighted by atomic mass is 9.71. The third kappa shape index (κ3) is 3.56. The molecule has 1 N–H and O–H groups in total. The summed E-state index contributed by atoms with van der Waals surface area (Å²) in [6, 6.07) is 14.7. The maximum atomic E-state index is 13.5. The Labute approximate surface area is 205 Å². The Hall–Kier alpha value is -3.19. The molecule has 6 rings (SSSR count). The Morgan fingerprint density at radius 3 is 2.60 bits per heavy atom. The summed E-state index contributed by atoms with van der Waals surface area (Å²) in [6.07, 6.45) is 5.05. The van der Waals surface area contributed by atoms with Gasteiger partial charge in [0, 0.05) is 43.1 Å². The minimum Gasteiger partial charge on any atom is -0.389 e. The molecule has 3 amide bonds. The van der Waals surface area contributed by atoms with E-state index in [0.717, 1.165) is 31.2 Å². The normalized spacial score (nSPS) is 27.3. The fourth-order valence-electron chi connectivity index (χ4n) is 6.56. The number of aliphatic hydroxyl groups is 1. The second kappa shape index (κ2) is 8.48. The zero-order valence-corrected chi connectivity index (χ0v) is 19.9. The van der Waals surface area contributed by atoms with Gasteiger partial charge in [-0.2, -0.15) is 0 Å². The lowest BCUT2D eigenvalue weighted by Gasteiger charge is -2.47. The lowest BCUT2D eigenvalue weighted by molar-refractivity contribution is -0.143. The molecule has 1 saturated heterocycles. The van der Waals surface area contributed by atoms with Crippen LogP contribution in [0.4, 0.5) is 5.69 Å². The van der Waals surface area contributed by atoms with E-state index in [-0.39, 0.29) is 23.6 Å². The van der Waals surface area contributed by atoms with Crippen molar-refractivity contribution in [3.05, 3.63) is 65.2 Å². The Bertz CT molecular complexity index is 1200. The van der Waals surface area contributed by atoms with Crippen LogP contribution in [0.2, 0.25) is 0 Å². The van der Waals surface area contributed by atoms with Crippen LogP contribution in [0.1, 0.15) is 77.4 Å². The molecule has 1 aliphatic carbocycles. The molecule has 7 nitrogen and oxygen atoms in total. The quantitative estimate of drug-likeness (QED) is 0.734. The van der Waals surface area contributed by atoms with E-state index in [1.165, 1.54) is 0 Å². The van der Waals surface area contributed by atoms with Crippen molar-refractivity contribution in [3.8, 4) is 0 Å². The van der Waals surface area contributed by atoms with Crippen molar-refractivity contribution in [2.75, 3.05) is 24.5 Å². The van der Waals surface area contributed by atoms with Crippen molar-refractivity contribution in [1.82, 2.24) is 9.80 Å². The van der Waals surface area contributed by atoms with Gasteiger partial charge in [-0.15, -0.1) is 0 Å². The van der Waals surface area contributed by atoms with Crippen LogP contribution >= 0.6 is 0 Å². The number of anilines is 1. The minimum absolute atomic E-state index is 0.0854. The molecule has 182 valence electrons. The first-order valence-electron chi connectivity index (χ1n) is 12.8. The fraction of sp³-hybridized carbons (Fsp3) is 0.464. The third-order valence-electron chi connectivity index (χ3n) is 8.45. The van der Waals surface area contributed by atoms with E-state index in [9.17, 15) is 19.5 Å². The fourth-order valence-corrected chi connectivity index (χ4v) is 6.56. The standard InChI is InChI=1S/C28H31N3O4/c32-24(29-17-15-28(35)14-6-5-8-19(28)18-29)13-7-16-30-25-20-9-1-2-10-21(20)27(34)31(25)23-12-4-3-11-22(23)26(30)33/h1-4,9-12,19,25,35H,5-8,13-18H2/t19-,25+,28-/m0/s1. The van der Waals surface area contributed by atoms with E-state index in [4.69, 9.17) is 0 Å². The summed E-state index contributed by atoms with van der Waals surface area (Å²) in [6.45, 7) is 1.62. The largest absolute Gasteiger partial charge is 0.389 e. The van der Waals surface area contributed by atoms with Gasteiger partial charge in [0.2, 0.25) is 5.91 Å². The summed E-state index contributed by atoms with van der Waals surface area (Å²) in [5.41, 5.74) is 2.01. The number of carbonyl (C=O) groups excluding carboxylic acids is 3. The van der Waals surface area contributed by atoms with Crippen LogP contribution in [0.3, 0.4) is 0 Å².